The molecule has 0 aromatic heterocycles. The van der Waals surface area contributed by atoms with Gasteiger partial charge in [-0.1, -0.05) is 44.4 Å². The highest BCUT2D eigenvalue weighted by Gasteiger charge is 2.27. The first-order valence-corrected chi connectivity index (χ1v) is 6.82. The molecule has 2 rings (SSSR count). The van der Waals surface area contributed by atoms with Gasteiger partial charge in [0.15, 0.2) is 0 Å². The van der Waals surface area contributed by atoms with Crippen molar-refractivity contribution >= 4 is 11.7 Å². The average Bonchev–Trinajstić information content (AvgIpc) is 2.82. The molecule has 98 valence electrons. The topological polar surface area (TPSA) is 38.3 Å². The maximum absolute atomic E-state index is 11.9. The van der Waals surface area contributed by atoms with Gasteiger partial charge in [-0.05, 0) is 18.1 Å². The highest BCUT2D eigenvalue weighted by Crippen LogP contribution is 2.25. The molecule has 1 heterocycles. The molecule has 0 spiro atoms. The summed E-state index contributed by atoms with van der Waals surface area (Å²) in [5, 5.41) is 3.21. The van der Waals surface area contributed by atoms with E-state index < -0.39 is 0 Å². The SMILES string of the molecule is CCCCCCOC(=O)[C@@H]1Cc2ccccc2N1. The second-order valence-corrected chi connectivity index (χ2v) is 4.79. The summed E-state index contributed by atoms with van der Waals surface area (Å²) >= 11 is 0. The van der Waals surface area contributed by atoms with E-state index in [4.69, 9.17) is 4.74 Å². The summed E-state index contributed by atoms with van der Waals surface area (Å²) in [4.78, 5) is 11.9. The van der Waals surface area contributed by atoms with Crippen molar-refractivity contribution in [2.75, 3.05) is 11.9 Å². The zero-order chi connectivity index (χ0) is 12.8. The Kier molecular flexibility index (Phi) is 4.62. The molecule has 1 atom stereocenters. The van der Waals surface area contributed by atoms with Gasteiger partial charge in [-0.25, -0.2) is 4.79 Å². The number of para-hydroxylation sites is 1. The highest BCUT2D eigenvalue weighted by atomic mass is 16.5. The van der Waals surface area contributed by atoms with Crippen molar-refractivity contribution in [2.24, 2.45) is 0 Å². The molecule has 1 aliphatic rings. The molecule has 0 saturated carbocycles. The van der Waals surface area contributed by atoms with Gasteiger partial charge in [-0.3, -0.25) is 0 Å². The van der Waals surface area contributed by atoms with E-state index in [1.54, 1.807) is 0 Å². The normalized spacial score (nSPS) is 17.1. The van der Waals surface area contributed by atoms with Crippen molar-refractivity contribution in [1.29, 1.82) is 0 Å². The van der Waals surface area contributed by atoms with Gasteiger partial charge >= 0.3 is 5.97 Å². The van der Waals surface area contributed by atoms with Crippen molar-refractivity contribution in [3.05, 3.63) is 29.8 Å². The fourth-order valence-corrected chi connectivity index (χ4v) is 2.24. The largest absolute Gasteiger partial charge is 0.464 e. The zero-order valence-corrected chi connectivity index (χ0v) is 10.9. The molecule has 0 fully saturated rings. The Morgan fingerprint density at radius 3 is 2.94 bits per heavy atom. The van der Waals surface area contributed by atoms with Crippen LogP contribution in [0.15, 0.2) is 24.3 Å². The van der Waals surface area contributed by atoms with Gasteiger partial charge in [0.25, 0.3) is 0 Å². The van der Waals surface area contributed by atoms with Crippen LogP contribution < -0.4 is 5.32 Å². The summed E-state index contributed by atoms with van der Waals surface area (Å²) in [5.41, 5.74) is 2.26. The first kappa shape index (κ1) is 12.9. The molecule has 1 aliphatic heterocycles. The Morgan fingerprint density at radius 1 is 1.33 bits per heavy atom. The molecule has 3 nitrogen and oxygen atoms in total. The lowest BCUT2D eigenvalue weighted by molar-refractivity contribution is -0.144. The lowest BCUT2D eigenvalue weighted by atomic mass is 10.1. The number of nitrogens with one attached hydrogen (secondary N) is 1. The van der Waals surface area contributed by atoms with Gasteiger partial charge in [0.05, 0.1) is 6.61 Å². The Balaban J connectivity index is 1.72. The van der Waals surface area contributed by atoms with Crippen LogP contribution in [0.25, 0.3) is 0 Å². The van der Waals surface area contributed by atoms with E-state index in [2.05, 4.69) is 18.3 Å². The first-order chi connectivity index (χ1) is 8.81. The highest BCUT2D eigenvalue weighted by molar-refractivity contribution is 5.82. The van der Waals surface area contributed by atoms with Gasteiger partial charge in [-0.2, -0.15) is 0 Å². The number of fused-ring (bicyclic) bond motifs is 1. The van der Waals surface area contributed by atoms with E-state index in [-0.39, 0.29) is 12.0 Å². The van der Waals surface area contributed by atoms with Crippen LogP contribution in [0.3, 0.4) is 0 Å². The number of ether oxygens (including phenoxy) is 1. The molecule has 0 saturated heterocycles. The van der Waals surface area contributed by atoms with Crippen molar-refractivity contribution in [3.8, 4) is 0 Å². The molecule has 0 bridgehead atoms. The van der Waals surface area contributed by atoms with Gasteiger partial charge < -0.3 is 10.1 Å². The molecule has 1 aromatic rings. The number of rotatable bonds is 6. The van der Waals surface area contributed by atoms with E-state index in [1.165, 1.54) is 18.4 Å². The number of anilines is 1. The maximum Gasteiger partial charge on any atom is 0.328 e. The van der Waals surface area contributed by atoms with Crippen molar-refractivity contribution < 1.29 is 9.53 Å². The minimum Gasteiger partial charge on any atom is -0.464 e. The number of carbonyl (C=O) groups excluding carboxylic acids is 1. The van der Waals surface area contributed by atoms with Crippen LogP contribution in [-0.2, 0) is 16.0 Å². The van der Waals surface area contributed by atoms with Crippen molar-refractivity contribution in [2.45, 2.75) is 45.1 Å². The fraction of sp³-hybridized carbons (Fsp3) is 0.533. The van der Waals surface area contributed by atoms with Crippen molar-refractivity contribution in [1.82, 2.24) is 0 Å². The van der Waals surface area contributed by atoms with Gasteiger partial charge in [0, 0.05) is 12.1 Å². The molecule has 1 N–H and O–H groups in total. The van der Waals surface area contributed by atoms with Crippen LogP contribution in [0.1, 0.15) is 38.2 Å². The first-order valence-electron chi connectivity index (χ1n) is 6.82. The number of hydrogen-bond acceptors (Lipinski definition) is 3. The predicted octanol–water partition coefficient (Wildman–Crippen LogP) is 3.15. The standard InChI is InChI=1S/C15H21NO2/c1-2-3-4-7-10-18-15(17)14-11-12-8-5-6-9-13(12)16-14/h5-6,8-9,14,16H,2-4,7,10-11H2,1H3/t14-/m0/s1. The summed E-state index contributed by atoms with van der Waals surface area (Å²) in [6, 6.07) is 7.83. The summed E-state index contributed by atoms with van der Waals surface area (Å²) in [5.74, 6) is -0.123. The molecular weight excluding hydrogens is 226 g/mol. The molecule has 18 heavy (non-hydrogen) atoms. The Labute approximate surface area is 109 Å². The second-order valence-electron chi connectivity index (χ2n) is 4.79. The maximum atomic E-state index is 11.9. The molecule has 0 unspecified atom stereocenters. The van der Waals surface area contributed by atoms with Crippen LogP contribution in [-0.4, -0.2) is 18.6 Å². The van der Waals surface area contributed by atoms with Gasteiger partial charge in [-0.15, -0.1) is 0 Å². The third-order valence-electron chi connectivity index (χ3n) is 3.30. The van der Waals surface area contributed by atoms with E-state index in [0.29, 0.717) is 6.61 Å². The smallest absolute Gasteiger partial charge is 0.328 e. The van der Waals surface area contributed by atoms with Crippen molar-refractivity contribution in [3.63, 3.8) is 0 Å². The molecule has 0 aliphatic carbocycles. The van der Waals surface area contributed by atoms with E-state index >= 15 is 0 Å². The summed E-state index contributed by atoms with van der Waals surface area (Å²) in [7, 11) is 0. The lowest BCUT2D eigenvalue weighted by Gasteiger charge is -2.10. The fourth-order valence-electron chi connectivity index (χ4n) is 2.24. The van der Waals surface area contributed by atoms with Crippen LogP contribution in [0.4, 0.5) is 5.69 Å². The van der Waals surface area contributed by atoms with E-state index in [1.807, 2.05) is 18.2 Å². The summed E-state index contributed by atoms with van der Waals surface area (Å²) in [6.45, 7) is 2.72. The Morgan fingerprint density at radius 2 is 2.17 bits per heavy atom. The summed E-state index contributed by atoms with van der Waals surface area (Å²) < 4.78 is 5.30. The molecular formula is C15H21NO2. The molecule has 1 aromatic carbocycles. The minimum atomic E-state index is -0.200. The minimum absolute atomic E-state index is 0.123. The van der Waals surface area contributed by atoms with Crippen LogP contribution >= 0.6 is 0 Å². The third kappa shape index (κ3) is 3.25. The number of benzene rings is 1. The lowest BCUT2D eigenvalue weighted by Crippen LogP contribution is -2.29. The second kappa shape index (κ2) is 6.43. The monoisotopic (exact) mass is 247 g/mol. The van der Waals surface area contributed by atoms with Crippen LogP contribution in [0.5, 0.6) is 0 Å². The van der Waals surface area contributed by atoms with Crippen LogP contribution in [0, 0.1) is 0 Å². The molecule has 0 radical (unpaired) electrons. The Hall–Kier alpha value is -1.51. The van der Waals surface area contributed by atoms with E-state index in [9.17, 15) is 4.79 Å². The average molecular weight is 247 g/mol. The van der Waals surface area contributed by atoms with Gasteiger partial charge in [0.1, 0.15) is 6.04 Å². The third-order valence-corrected chi connectivity index (χ3v) is 3.30. The number of esters is 1. The Bertz CT molecular complexity index is 378. The van der Waals surface area contributed by atoms with E-state index in [0.717, 1.165) is 24.9 Å². The molecule has 0 amide bonds. The van der Waals surface area contributed by atoms with Crippen LogP contribution in [0.2, 0.25) is 0 Å². The zero-order valence-electron chi connectivity index (χ0n) is 10.9. The quantitative estimate of drug-likeness (QED) is 0.620. The molecule has 3 heteroatoms. The number of carbonyl (C=O) groups is 1. The number of unbranched alkanes of at least 4 members (excludes halogenated alkanes) is 3. The van der Waals surface area contributed by atoms with Gasteiger partial charge in [0.2, 0.25) is 0 Å². The predicted molar refractivity (Wildman–Crippen MR) is 72.7 cm³/mol. The summed E-state index contributed by atoms with van der Waals surface area (Å²) in [6.07, 6.45) is 5.27. The number of hydrogen-bond donors (Lipinski definition) is 1.